The minimum Gasteiger partial charge on any atom is -0.455 e. The van der Waals surface area contributed by atoms with Crippen LogP contribution in [-0.4, -0.2) is 89.8 Å². The molecule has 5 rings (SSSR count). The SMILES string of the molecule is C=CCCC(=O)N[C@@H](C)[C@H](OC(=O)[C@@H]1[C@@H]2CC[C@]3(O2)[C@H](C(=O)N(CC=C)c2ccc(N(CC)CC)cc2)N([C@@H](CC)CO)C(=O)[C@@H]13)c1ccccc1. The number of carbonyl (C=O) groups excluding carboxylic acids is 4. The first-order chi connectivity index (χ1) is 25.1. The molecule has 1 spiro atoms. The molecule has 3 aliphatic heterocycles. The number of nitrogens with one attached hydrogen (secondary N) is 1. The summed E-state index contributed by atoms with van der Waals surface area (Å²) in [5, 5.41) is 13.5. The van der Waals surface area contributed by atoms with Gasteiger partial charge in [-0.2, -0.15) is 0 Å². The molecule has 3 fully saturated rings. The van der Waals surface area contributed by atoms with Gasteiger partial charge in [-0.3, -0.25) is 19.2 Å². The standard InChI is InChI=1S/C41H54N4O7/c1-7-12-18-33(47)42-27(6)36(28-16-14-13-15-17-28)51-40(50)34-32-23-24-41(52-32)35(34)38(48)45(29(9-3)26-46)37(41)39(49)44(25-8-2)31-21-19-30(20-22-31)43(10-4)11-5/h7-8,13-17,19-22,27,29,32,34-37,46H,1-2,9-12,18,23-26H2,3-6H3,(H,42,47)/t27-,29-,32-,34+,35+,36-,37-,41+/m0/s1. The monoisotopic (exact) mass is 714 g/mol. The predicted molar refractivity (Wildman–Crippen MR) is 200 cm³/mol. The van der Waals surface area contributed by atoms with E-state index in [0.29, 0.717) is 36.9 Å². The van der Waals surface area contributed by atoms with Gasteiger partial charge in [-0.05, 0) is 76.3 Å². The number of likely N-dealkylation sites (tertiary alicyclic amines) is 1. The third-order valence-corrected chi connectivity index (χ3v) is 11.0. The number of carbonyl (C=O) groups is 4. The van der Waals surface area contributed by atoms with Gasteiger partial charge < -0.3 is 34.6 Å². The number of fused-ring (bicyclic) bond motifs is 1. The van der Waals surface area contributed by atoms with Gasteiger partial charge in [0.2, 0.25) is 11.8 Å². The molecule has 0 aromatic heterocycles. The number of esters is 1. The number of ether oxygens (including phenoxy) is 2. The summed E-state index contributed by atoms with van der Waals surface area (Å²) in [4.78, 5) is 62.0. The van der Waals surface area contributed by atoms with E-state index in [4.69, 9.17) is 9.47 Å². The number of aliphatic hydroxyl groups is 1. The summed E-state index contributed by atoms with van der Waals surface area (Å²) in [6.45, 7) is 16.9. The highest BCUT2D eigenvalue weighted by Crippen LogP contribution is 2.59. The lowest BCUT2D eigenvalue weighted by molar-refractivity contribution is -0.162. The molecule has 2 N–H and O–H groups in total. The zero-order valence-corrected chi connectivity index (χ0v) is 30.9. The van der Waals surface area contributed by atoms with E-state index in [1.807, 2.05) is 61.5 Å². The van der Waals surface area contributed by atoms with Crippen molar-refractivity contribution in [3.63, 3.8) is 0 Å². The zero-order chi connectivity index (χ0) is 37.6. The van der Waals surface area contributed by atoms with Gasteiger partial charge in [-0.25, -0.2) is 0 Å². The number of hydrogen-bond donors (Lipinski definition) is 2. The van der Waals surface area contributed by atoms with Crippen molar-refractivity contribution in [1.29, 1.82) is 0 Å². The quantitative estimate of drug-likeness (QED) is 0.164. The maximum atomic E-state index is 14.9. The molecule has 0 saturated carbocycles. The lowest BCUT2D eigenvalue weighted by atomic mass is 9.70. The second kappa shape index (κ2) is 16.9. The van der Waals surface area contributed by atoms with Gasteiger partial charge in [0.15, 0.2) is 0 Å². The summed E-state index contributed by atoms with van der Waals surface area (Å²) in [6.07, 6.45) is 3.84. The maximum Gasteiger partial charge on any atom is 0.313 e. The number of hydrogen-bond acceptors (Lipinski definition) is 8. The topological polar surface area (TPSA) is 129 Å². The summed E-state index contributed by atoms with van der Waals surface area (Å²) >= 11 is 0. The average Bonchev–Trinajstić information content (AvgIpc) is 3.81. The van der Waals surface area contributed by atoms with Crippen molar-refractivity contribution in [3.8, 4) is 0 Å². The van der Waals surface area contributed by atoms with Crippen LogP contribution in [0.2, 0.25) is 0 Å². The van der Waals surface area contributed by atoms with Gasteiger partial charge in [0.05, 0.1) is 36.6 Å². The van der Waals surface area contributed by atoms with Gasteiger partial charge in [0.25, 0.3) is 5.91 Å². The molecule has 3 saturated heterocycles. The molecule has 3 heterocycles. The van der Waals surface area contributed by atoms with Crippen LogP contribution in [0.15, 0.2) is 79.9 Å². The predicted octanol–water partition coefficient (Wildman–Crippen LogP) is 4.95. The van der Waals surface area contributed by atoms with Crippen LogP contribution in [0, 0.1) is 11.8 Å². The first-order valence-corrected chi connectivity index (χ1v) is 18.6. The molecule has 11 heteroatoms. The van der Waals surface area contributed by atoms with Gasteiger partial charge in [-0.1, -0.05) is 49.4 Å². The van der Waals surface area contributed by atoms with Crippen molar-refractivity contribution in [1.82, 2.24) is 10.2 Å². The fourth-order valence-corrected chi connectivity index (χ4v) is 8.42. The highest BCUT2D eigenvalue weighted by molar-refractivity contribution is 6.05. The molecule has 11 nitrogen and oxygen atoms in total. The van der Waals surface area contributed by atoms with E-state index >= 15 is 0 Å². The number of anilines is 2. The molecule has 3 aliphatic rings. The molecule has 3 amide bonds. The Labute approximate surface area is 307 Å². The summed E-state index contributed by atoms with van der Waals surface area (Å²) in [5.41, 5.74) is 1.07. The van der Waals surface area contributed by atoms with E-state index in [2.05, 4.69) is 37.2 Å². The lowest BCUT2D eigenvalue weighted by Gasteiger charge is -2.39. The van der Waals surface area contributed by atoms with Crippen LogP contribution >= 0.6 is 0 Å². The number of nitrogens with zero attached hydrogens (tertiary/aromatic N) is 3. The first kappa shape index (κ1) is 38.7. The van der Waals surface area contributed by atoms with E-state index in [9.17, 15) is 24.3 Å². The average molecular weight is 715 g/mol. The number of rotatable bonds is 18. The highest BCUT2D eigenvalue weighted by atomic mass is 16.6. The van der Waals surface area contributed by atoms with Crippen LogP contribution in [0.25, 0.3) is 0 Å². The molecular formula is C41H54N4O7. The molecule has 52 heavy (non-hydrogen) atoms. The highest BCUT2D eigenvalue weighted by Gasteiger charge is 2.75. The largest absolute Gasteiger partial charge is 0.455 e. The van der Waals surface area contributed by atoms with E-state index in [1.54, 1.807) is 24.0 Å². The Morgan fingerprint density at radius 3 is 2.33 bits per heavy atom. The van der Waals surface area contributed by atoms with Crippen molar-refractivity contribution >= 4 is 35.1 Å². The summed E-state index contributed by atoms with van der Waals surface area (Å²) in [6, 6.07) is 14.6. The lowest BCUT2D eigenvalue weighted by Crippen LogP contribution is -2.59. The van der Waals surface area contributed by atoms with Crippen molar-refractivity contribution in [2.24, 2.45) is 11.8 Å². The van der Waals surface area contributed by atoms with Crippen molar-refractivity contribution in [2.75, 3.05) is 36.0 Å². The van der Waals surface area contributed by atoms with Crippen LogP contribution in [0.3, 0.4) is 0 Å². The van der Waals surface area contributed by atoms with E-state index < -0.39 is 59.6 Å². The number of allylic oxidation sites excluding steroid dienone is 1. The molecule has 280 valence electrons. The summed E-state index contributed by atoms with van der Waals surface area (Å²) in [7, 11) is 0. The maximum absolute atomic E-state index is 14.9. The third kappa shape index (κ3) is 7.25. The van der Waals surface area contributed by atoms with Gasteiger partial charge in [-0.15, -0.1) is 13.2 Å². The molecule has 2 bridgehead atoms. The number of aliphatic hydroxyl groups excluding tert-OH is 1. The second-order valence-electron chi connectivity index (χ2n) is 13.9. The Balaban J connectivity index is 1.49. The van der Waals surface area contributed by atoms with E-state index in [1.165, 1.54) is 4.90 Å². The van der Waals surface area contributed by atoms with Gasteiger partial charge >= 0.3 is 5.97 Å². The van der Waals surface area contributed by atoms with Crippen molar-refractivity contribution in [3.05, 3.63) is 85.5 Å². The molecule has 8 atom stereocenters. The van der Waals surface area contributed by atoms with Gasteiger partial charge in [0.1, 0.15) is 17.7 Å². The fraction of sp³-hybridized carbons (Fsp3) is 0.512. The summed E-state index contributed by atoms with van der Waals surface area (Å²) < 4.78 is 12.9. The normalized spacial score (nSPS) is 24.8. The molecule has 0 aliphatic carbocycles. The van der Waals surface area contributed by atoms with Crippen molar-refractivity contribution in [2.45, 2.75) is 95.7 Å². The zero-order valence-electron chi connectivity index (χ0n) is 30.9. The third-order valence-electron chi connectivity index (χ3n) is 11.0. The van der Waals surface area contributed by atoms with Gasteiger partial charge in [0, 0.05) is 37.4 Å². The Hall–Kier alpha value is -4.48. The number of amides is 3. The fourth-order valence-electron chi connectivity index (χ4n) is 8.42. The van der Waals surface area contributed by atoms with E-state index in [0.717, 1.165) is 18.8 Å². The van der Waals surface area contributed by atoms with Crippen LogP contribution in [0.4, 0.5) is 11.4 Å². The minimum absolute atomic E-state index is 0.183. The Morgan fingerprint density at radius 2 is 1.73 bits per heavy atom. The summed E-state index contributed by atoms with van der Waals surface area (Å²) in [5.74, 6) is -3.54. The van der Waals surface area contributed by atoms with Crippen LogP contribution in [-0.2, 0) is 28.7 Å². The van der Waals surface area contributed by atoms with Crippen LogP contribution in [0.5, 0.6) is 0 Å². The van der Waals surface area contributed by atoms with Crippen molar-refractivity contribution < 1.29 is 33.8 Å². The van der Waals surface area contributed by atoms with E-state index in [-0.39, 0.29) is 31.4 Å². The van der Waals surface area contributed by atoms with Crippen LogP contribution < -0.4 is 15.1 Å². The minimum atomic E-state index is -1.29. The Bertz CT molecular complexity index is 1590. The molecule has 2 aromatic carbocycles. The second-order valence-corrected chi connectivity index (χ2v) is 13.9. The Morgan fingerprint density at radius 1 is 1.06 bits per heavy atom. The van der Waals surface area contributed by atoms with Crippen LogP contribution in [0.1, 0.15) is 71.5 Å². The molecule has 2 aromatic rings. The smallest absolute Gasteiger partial charge is 0.313 e. The molecule has 0 radical (unpaired) electrons. The molecule has 0 unspecified atom stereocenters. The Kier molecular flexibility index (Phi) is 12.6. The first-order valence-electron chi connectivity index (χ1n) is 18.6. The molecular weight excluding hydrogens is 660 g/mol. The number of benzene rings is 2.